The van der Waals surface area contributed by atoms with E-state index in [1.165, 1.54) is 12.3 Å². The normalized spacial score (nSPS) is 14.6. The van der Waals surface area contributed by atoms with Gasteiger partial charge in [-0.15, -0.1) is 0 Å². The van der Waals surface area contributed by atoms with E-state index in [1.54, 1.807) is 4.68 Å². The summed E-state index contributed by atoms with van der Waals surface area (Å²) in [5.74, 6) is 0.925. The van der Waals surface area contributed by atoms with Crippen molar-refractivity contribution in [3.8, 4) is 22.6 Å². The fraction of sp³-hybridized carbons (Fsp3) is 0.333. The van der Waals surface area contributed by atoms with Gasteiger partial charge in [0.1, 0.15) is 23.0 Å². The predicted octanol–water partition coefficient (Wildman–Crippen LogP) is 5.86. The van der Waals surface area contributed by atoms with Crippen LogP contribution in [0.3, 0.4) is 0 Å². The molecule has 166 valence electrons. The van der Waals surface area contributed by atoms with Crippen LogP contribution in [0.4, 0.5) is 19.0 Å². The van der Waals surface area contributed by atoms with Gasteiger partial charge in [-0.05, 0) is 38.8 Å². The van der Waals surface area contributed by atoms with Gasteiger partial charge in [-0.3, -0.25) is 9.67 Å². The molecule has 0 amide bonds. The lowest BCUT2D eigenvalue weighted by molar-refractivity contribution is -0.137. The Morgan fingerprint density at radius 2 is 1.91 bits per heavy atom. The van der Waals surface area contributed by atoms with Crippen LogP contribution in [0, 0.1) is 0 Å². The lowest BCUT2D eigenvalue weighted by Gasteiger charge is -2.08. The van der Waals surface area contributed by atoms with Gasteiger partial charge >= 0.3 is 6.18 Å². The maximum Gasteiger partial charge on any atom is 0.417 e. The van der Waals surface area contributed by atoms with E-state index < -0.39 is 11.7 Å². The van der Waals surface area contributed by atoms with Crippen molar-refractivity contribution >= 4 is 28.3 Å². The monoisotopic (exact) mass is 462 g/mol. The first kappa shape index (κ1) is 20.7. The van der Waals surface area contributed by atoms with Gasteiger partial charge in [-0.2, -0.15) is 18.3 Å². The number of pyridine rings is 2. The fourth-order valence-electron chi connectivity index (χ4n) is 3.74. The second-order valence-electron chi connectivity index (χ2n) is 8.08. The molecule has 1 aliphatic rings. The van der Waals surface area contributed by atoms with Crippen LogP contribution in [0.15, 0.2) is 29.0 Å². The van der Waals surface area contributed by atoms with E-state index >= 15 is 0 Å². The highest BCUT2D eigenvalue weighted by Crippen LogP contribution is 2.48. The molecular formula is C21H18ClF3N6O. The second-order valence-corrected chi connectivity index (χ2v) is 8.48. The molecule has 2 N–H and O–H groups in total. The molecule has 0 atom stereocenters. The molecule has 0 unspecified atom stereocenters. The van der Waals surface area contributed by atoms with Gasteiger partial charge in [-0.25, -0.2) is 4.98 Å². The number of nitrogens with zero attached hydrogens (tertiary/aromatic N) is 5. The first-order valence-corrected chi connectivity index (χ1v) is 10.4. The summed E-state index contributed by atoms with van der Waals surface area (Å²) < 4.78 is 46.5. The quantitative estimate of drug-likeness (QED) is 0.408. The third-order valence-corrected chi connectivity index (χ3v) is 5.71. The zero-order chi connectivity index (χ0) is 22.8. The van der Waals surface area contributed by atoms with Crippen molar-refractivity contribution in [2.45, 2.75) is 44.8 Å². The highest BCUT2D eigenvalue weighted by atomic mass is 35.5. The molecule has 4 aromatic rings. The average molecular weight is 463 g/mol. The lowest BCUT2D eigenvalue weighted by Crippen LogP contribution is -2.05. The van der Waals surface area contributed by atoms with E-state index in [4.69, 9.17) is 27.0 Å². The van der Waals surface area contributed by atoms with Crippen LogP contribution in [-0.4, -0.2) is 24.9 Å². The third-order valence-electron chi connectivity index (χ3n) is 5.44. The number of anilines is 1. The van der Waals surface area contributed by atoms with Crippen molar-refractivity contribution in [2.24, 2.45) is 0 Å². The molecule has 1 fully saturated rings. The predicted molar refractivity (Wildman–Crippen MR) is 113 cm³/mol. The van der Waals surface area contributed by atoms with Gasteiger partial charge < -0.3 is 10.3 Å². The van der Waals surface area contributed by atoms with Gasteiger partial charge in [0, 0.05) is 18.2 Å². The standard InChI is InChI=1S/C21H18ClF3N6O/c1-9(2)31-18-12(22)8-28-20(26)15(18)16(29-31)17-14(19(32-30-17)10-3-4-10)13-6-5-11(7-27-13)21(23,24)25/h5-10H,3-4H2,1-2H3,(H2,26,28). The molecule has 1 aliphatic carbocycles. The topological polar surface area (TPSA) is 95.7 Å². The average Bonchev–Trinajstić information content (AvgIpc) is 3.35. The minimum atomic E-state index is -4.48. The Morgan fingerprint density at radius 1 is 1.16 bits per heavy atom. The maximum atomic E-state index is 13.0. The van der Waals surface area contributed by atoms with E-state index in [-0.39, 0.29) is 17.8 Å². The smallest absolute Gasteiger partial charge is 0.383 e. The van der Waals surface area contributed by atoms with Crippen LogP contribution in [0.5, 0.6) is 0 Å². The van der Waals surface area contributed by atoms with Crippen LogP contribution < -0.4 is 5.73 Å². The highest BCUT2D eigenvalue weighted by Gasteiger charge is 2.36. The van der Waals surface area contributed by atoms with E-state index in [1.807, 2.05) is 13.8 Å². The first-order chi connectivity index (χ1) is 15.2. The fourth-order valence-corrected chi connectivity index (χ4v) is 3.97. The molecule has 7 nitrogen and oxygen atoms in total. The van der Waals surface area contributed by atoms with Crippen LogP contribution in [0.25, 0.3) is 33.5 Å². The van der Waals surface area contributed by atoms with Crippen molar-refractivity contribution in [3.63, 3.8) is 0 Å². The number of nitrogens with two attached hydrogens (primary N) is 1. The highest BCUT2D eigenvalue weighted by molar-refractivity contribution is 6.35. The van der Waals surface area contributed by atoms with E-state index in [2.05, 4.69) is 15.1 Å². The summed E-state index contributed by atoms with van der Waals surface area (Å²) in [7, 11) is 0. The minimum absolute atomic E-state index is 0.0482. The third kappa shape index (κ3) is 3.29. The molecule has 0 radical (unpaired) electrons. The summed E-state index contributed by atoms with van der Waals surface area (Å²) in [6.45, 7) is 3.89. The van der Waals surface area contributed by atoms with Gasteiger partial charge in [-0.1, -0.05) is 16.8 Å². The van der Waals surface area contributed by atoms with Crippen LogP contribution in [-0.2, 0) is 6.18 Å². The molecule has 0 saturated heterocycles. The molecule has 0 aromatic carbocycles. The molecule has 0 spiro atoms. The van der Waals surface area contributed by atoms with Gasteiger partial charge in [0.25, 0.3) is 0 Å². The Morgan fingerprint density at radius 3 is 2.50 bits per heavy atom. The Balaban J connectivity index is 1.76. The molecule has 5 rings (SSSR count). The van der Waals surface area contributed by atoms with Crippen LogP contribution in [0.2, 0.25) is 5.02 Å². The van der Waals surface area contributed by atoms with Crippen LogP contribution >= 0.6 is 11.6 Å². The van der Waals surface area contributed by atoms with Gasteiger partial charge in [0.15, 0.2) is 0 Å². The zero-order valence-corrected chi connectivity index (χ0v) is 17.9. The van der Waals surface area contributed by atoms with Gasteiger partial charge in [0.2, 0.25) is 0 Å². The summed E-state index contributed by atoms with van der Waals surface area (Å²) in [6, 6.07) is 2.27. The molecule has 0 bridgehead atoms. The van der Waals surface area contributed by atoms with Crippen molar-refractivity contribution in [3.05, 3.63) is 40.9 Å². The number of nitrogen functional groups attached to an aromatic ring is 1. The molecule has 32 heavy (non-hydrogen) atoms. The number of rotatable bonds is 4. The second kappa shape index (κ2) is 7.19. The minimum Gasteiger partial charge on any atom is -0.383 e. The number of alkyl halides is 3. The summed E-state index contributed by atoms with van der Waals surface area (Å²) >= 11 is 6.42. The maximum absolute atomic E-state index is 13.0. The first-order valence-electron chi connectivity index (χ1n) is 10.0. The molecular weight excluding hydrogens is 445 g/mol. The Bertz CT molecular complexity index is 1320. The number of hydrogen-bond acceptors (Lipinski definition) is 6. The number of aromatic nitrogens is 5. The van der Waals surface area contributed by atoms with Gasteiger partial charge in [0.05, 0.1) is 38.9 Å². The van der Waals surface area contributed by atoms with E-state index in [9.17, 15) is 13.2 Å². The van der Waals surface area contributed by atoms with Crippen molar-refractivity contribution < 1.29 is 17.7 Å². The number of halogens is 4. The molecule has 11 heteroatoms. The number of fused-ring (bicyclic) bond motifs is 1. The summed E-state index contributed by atoms with van der Waals surface area (Å²) in [4.78, 5) is 8.23. The molecule has 1 saturated carbocycles. The Labute approximate surface area is 185 Å². The van der Waals surface area contributed by atoms with Crippen molar-refractivity contribution in [1.29, 1.82) is 0 Å². The van der Waals surface area contributed by atoms with E-state index in [0.29, 0.717) is 44.3 Å². The molecule has 4 heterocycles. The van der Waals surface area contributed by atoms with Crippen molar-refractivity contribution in [2.75, 3.05) is 5.73 Å². The van der Waals surface area contributed by atoms with E-state index in [0.717, 1.165) is 25.1 Å². The lowest BCUT2D eigenvalue weighted by atomic mass is 10.0. The zero-order valence-electron chi connectivity index (χ0n) is 17.1. The number of hydrogen-bond donors (Lipinski definition) is 1. The largest absolute Gasteiger partial charge is 0.417 e. The van der Waals surface area contributed by atoms with Crippen molar-refractivity contribution in [1.82, 2.24) is 24.9 Å². The van der Waals surface area contributed by atoms with Crippen LogP contribution in [0.1, 0.15) is 50.0 Å². The Kier molecular flexibility index (Phi) is 4.66. The SMILES string of the molecule is CC(C)n1nc(-c2noc(C3CC3)c2-c2ccc(C(F)(F)F)cn2)c2c(N)ncc(Cl)c21. The summed E-state index contributed by atoms with van der Waals surface area (Å²) in [5.41, 5.74) is 7.53. The molecule has 4 aromatic heterocycles. The molecule has 0 aliphatic heterocycles. The summed E-state index contributed by atoms with van der Waals surface area (Å²) in [5, 5.41) is 9.83. The summed E-state index contributed by atoms with van der Waals surface area (Å²) in [6.07, 6.45) is -0.413. The Hall–Kier alpha value is -3.14.